The zero-order valence-electron chi connectivity index (χ0n) is 16.1. The Morgan fingerprint density at radius 1 is 0.800 bits per heavy atom. The second kappa shape index (κ2) is 5.04. The minimum atomic E-state index is -0.473. The van der Waals surface area contributed by atoms with Crippen molar-refractivity contribution in [2.45, 2.75) is 95.4 Å². The van der Waals surface area contributed by atoms with Crippen molar-refractivity contribution >= 4 is 0 Å². The second-order valence-electron chi connectivity index (χ2n) is 11.3. The van der Waals surface area contributed by atoms with Crippen LogP contribution in [0.15, 0.2) is 0 Å². The van der Waals surface area contributed by atoms with E-state index < -0.39 is 5.60 Å². The van der Waals surface area contributed by atoms with Crippen molar-refractivity contribution in [3.63, 3.8) is 0 Å². The number of hydrogen-bond donors (Lipinski definition) is 1. The first kappa shape index (κ1) is 15.9. The number of aliphatic hydroxyl groups is 1. The summed E-state index contributed by atoms with van der Waals surface area (Å²) in [5.41, 5.74) is -0.317. The van der Waals surface area contributed by atoms with E-state index in [9.17, 15) is 5.11 Å². The van der Waals surface area contributed by atoms with Gasteiger partial charge in [0.2, 0.25) is 0 Å². The highest BCUT2D eigenvalue weighted by atomic mass is 16.5. The van der Waals surface area contributed by atoms with Gasteiger partial charge in [-0.3, -0.25) is 0 Å². The van der Waals surface area contributed by atoms with Gasteiger partial charge in [-0.2, -0.15) is 0 Å². The van der Waals surface area contributed by atoms with Crippen molar-refractivity contribution in [2.24, 2.45) is 47.3 Å². The summed E-state index contributed by atoms with van der Waals surface area (Å²) in [4.78, 5) is 0. The van der Waals surface area contributed by atoms with E-state index in [1.165, 1.54) is 64.2 Å². The molecule has 8 saturated carbocycles. The SMILES string of the molecule is CCC1(OC2C3CC4CC(C3)C(C)(O)C2C4)C2CC3CC(C2)CC1C3. The van der Waals surface area contributed by atoms with Crippen molar-refractivity contribution in [3.05, 3.63) is 0 Å². The second-order valence-corrected chi connectivity index (χ2v) is 11.3. The van der Waals surface area contributed by atoms with Gasteiger partial charge in [-0.15, -0.1) is 0 Å². The van der Waals surface area contributed by atoms with Gasteiger partial charge in [0, 0.05) is 5.92 Å². The molecule has 6 atom stereocenters. The van der Waals surface area contributed by atoms with Gasteiger partial charge in [0.05, 0.1) is 17.3 Å². The van der Waals surface area contributed by atoms with Gasteiger partial charge in [-0.05, 0) is 113 Å². The van der Waals surface area contributed by atoms with Gasteiger partial charge < -0.3 is 9.84 Å². The summed E-state index contributed by atoms with van der Waals surface area (Å²) in [6.45, 7) is 4.54. The standard InChI is InChI=1S/C23H36O2/c1-3-23(18-7-13-4-14(9-18)10-19(23)8-13)25-21-16-5-15-6-17(12-16)22(2,24)20(21)11-15/h13-21,24H,3-12H2,1-2H3. The molecule has 0 amide bonds. The highest BCUT2D eigenvalue weighted by Gasteiger charge is 2.63. The van der Waals surface area contributed by atoms with Gasteiger partial charge in [-0.25, -0.2) is 0 Å². The maximum absolute atomic E-state index is 11.3. The van der Waals surface area contributed by atoms with E-state index in [1.54, 1.807) is 0 Å². The zero-order chi connectivity index (χ0) is 17.0. The molecule has 0 heterocycles. The third-order valence-electron chi connectivity index (χ3n) is 10.3. The normalized spacial score (nSPS) is 64.2. The van der Waals surface area contributed by atoms with Crippen LogP contribution in [0.25, 0.3) is 0 Å². The Hall–Kier alpha value is -0.0800. The highest BCUT2D eigenvalue weighted by molar-refractivity contribution is 5.13. The van der Waals surface area contributed by atoms with E-state index in [4.69, 9.17) is 4.74 Å². The molecule has 8 fully saturated rings. The van der Waals surface area contributed by atoms with Crippen LogP contribution >= 0.6 is 0 Å². The molecular formula is C23H36O2. The molecule has 8 aliphatic rings. The average Bonchev–Trinajstić information content (AvgIpc) is 2.57. The molecule has 140 valence electrons. The molecule has 0 saturated heterocycles. The third kappa shape index (κ3) is 1.99. The first-order chi connectivity index (χ1) is 12.0. The topological polar surface area (TPSA) is 29.5 Å². The van der Waals surface area contributed by atoms with E-state index in [-0.39, 0.29) is 5.60 Å². The lowest BCUT2D eigenvalue weighted by atomic mass is 9.47. The molecular weight excluding hydrogens is 308 g/mol. The van der Waals surface area contributed by atoms with Crippen molar-refractivity contribution in [2.75, 3.05) is 0 Å². The molecule has 0 aromatic carbocycles. The summed E-state index contributed by atoms with van der Waals surface area (Å²) in [6, 6.07) is 0. The molecule has 1 N–H and O–H groups in total. The minimum absolute atomic E-state index is 0.156. The molecule has 0 radical (unpaired) electrons. The van der Waals surface area contributed by atoms with E-state index in [0.29, 0.717) is 17.9 Å². The van der Waals surface area contributed by atoms with Crippen LogP contribution in [-0.4, -0.2) is 22.4 Å². The van der Waals surface area contributed by atoms with Gasteiger partial charge in [0.1, 0.15) is 0 Å². The van der Waals surface area contributed by atoms with Crippen LogP contribution in [0.2, 0.25) is 0 Å². The van der Waals surface area contributed by atoms with Crippen LogP contribution in [0, 0.1) is 47.3 Å². The van der Waals surface area contributed by atoms with Crippen LogP contribution in [0.5, 0.6) is 0 Å². The number of rotatable bonds is 3. The monoisotopic (exact) mass is 344 g/mol. The Kier molecular flexibility index (Phi) is 3.21. The zero-order valence-corrected chi connectivity index (χ0v) is 16.1. The molecule has 8 rings (SSSR count). The van der Waals surface area contributed by atoms with E-state index in [2.05, 4.69) is 13.8 Å². The van der Waals surface area contributed by atoms with Gasteiger partial charge in [-0.1, -0.05) is 6.92 Å². The summed E-state index contributed by atoms with van der Waals surface area (Å²) >= 11 is 0. The van der Waals surface area contributed by atoms with E-state index >= 15 is 0 Å². The molecule has 2 nitrogen and oxygen atoms in total. The number of ether oxygens (including phenoxy) is 1. The van der Waals surface area contributed by atoms with E-state index in [1.807, 2.05) is 0 Å². The largest absolute Gasteiger partial charge is 0.390 e. The van der Waals surface area contributed by atoms with Crippen molar-refractivity contribution in [3.8, 4) is 0 Å². The molecule has 0 aliphatic heterocycles. The maximum Gasteiger partial charge on any atom is 0.0740 e. The quantitative estimate of drug-likeness (QED) is 0.797. The van der Waals surface area contributed by atoms with Crippen LogP contribution in [-0.2, 0) is 4.74 Å². The van der Waals surface area contributed by atoms with Gasteiger partial charge >= 0.3 is 0 Å². The molecule has 25 heavy (non-hydrogen) atoms. The predicted molar refractivity (Wildman–Crippen MR) is 98.0 cm³/mol. The summed E-state index contributed by atoms with van der Waals surface area (Å²) in [6.07, 6.45) is 13.9. The lowest BCUT2D eigenvalue weighted by molar-refractivity contribution is -0.295. The van der Waals surface area contributed by atoms with E-state index in [0.717, 1.165) is 35.5 Å². The minimum Gasteiger partial charge on any atom is -0.390 e. The summed E-state index contributed by atoms with van der Waals surface area (Å²) in [7, 11) is 0. The van der Waals surface area contributed by atoms with Crippen LogP contribution in [0.1, 0.15) is 78.1 Å². The third-order valence-corrected chi connectivity index (χ3v) is 10.3. The predicted octanol–water partition coefficient (Wildman–Crippen LogP) is 4.79. The van der Waals surface area contributed by atoms with Gasteiger partial charge in [0.25, 0.3) is 0 Å². The Labute approximate surface area is 153 Å². The first-order valence-electron chi connectivity index (χ1n) is 11.4. The molecule has 8 aliphatic carbocycles. The molecule has 6 unspecified atom stereocenters. The van der Waals surface area contributed by atoms with Crippen molar-refractivity contribution in [1.82, 2.24) is 0 Å². The van der Waals surface area contributed by atoms with Crippen LogP contribution in [0.3, 0.4) is 0 Å². The average molecular weight is 345 g/mol. The molecule has 0 aromatic rings. The van der Waals surface area contributed by atoms with Crippen LogP contribution in [0.4, 0.5) is 0 Å². The first-order valence-corrected chi connectivity index (χ1v) is 11.4. The molecule has 0 aromatic heterocycles. The summed E-state index contributed by atoms with van der Waals surface area (Å²) < 4.78 is 7.32. The smallest absolute Gasteiger partial charge is 0.0740 e. The lowest BCUT2D eigenvalue weighted by Gasteiger charge is -2.66. The Balaban J connectivity index is 1.33. The molecule has 2 heteroatoms. The molecule has 0 spiro atoms. The fraction of sp³-hybridized carbons (Fsp3) is 1.00. The fourth-order valence-corrected chi connectivity index (χ4v) is 9.39. The Morgan fingerprint density at radius 2 is 1.40 bits per heavy atom. The van der Waals surface area contributed by atoms with Crippen molar-refractivity contribution in [1.29, 1.82) is 0 Å². The highest BCUT2D eigenvalue weighted by Crippen LogP contribution is 2.64. The fourth-order valence-electron chi connectivity index (χ4n) is 9.39. The van der Waals surface area contributed by atoms with Crippen LogP contribution < -0.4 is 0 Å². The Morgan fingerprint density at radius 3 is 2.04 bits per heavy atom. The summed E-state index contributed by atoms with van der Waals surface area (Å²) in [5.74, 6) is 6.22. The lowest BCUT2D eigenvalue weighted by Crippen LogP contribution is -2.67. The van der Waals surface area contributed by atoms with Crippen molar-refractivity contribution < 1.29 is 9.84 Å². The molecule has 8 bridgehead atoms. The van der Waals surface area contributed by atoms with Gasteiger partial charge in [0.15, 0.2) is 0 Å². The maximum atomic E-state index is 11.3. The Bertz CT molecular complexity index is 538. The number of hydrogen-bond acceptors (Lipinski definition) is 2. The summed E-state index contributed by atoms with van der Waals surface area (Å²) in [5, 5.41) is 11.3.